The molecule has 140 valence electrons. The number of ether oxygens (including phenoxy) is 2. The number of para-hydroxylation sites is 2. The number of hydrogen-bond donors (Lipinski definition) is 1. The minimum absolute atomic E-state index is 0.179. The lowest BCUT2D eigenvalue weighted by Crippen LogP contribution is -2.40. The third kappa shape index (κ3) is 3.32. The first kappa shape index (κ1) is 17.3. The molecule has 2 aromatic heterocycles. The van der Waals surface area contributed by atoms with E-state index in [1.807, 2.05) is 41.9 Å². The van der Waals surface area contributed by atoms with Crippen molar-refractivity contribution in [1.29, 1.82) is 0 Å². The Bertz CT molecular complexity index is 996. The van der Waals surface area contributed by atoms with Crippen molar-refractivity contribution < 1.29 is 14.3 Å². The van der Waals surface area contributed by atoms with Crippen molar-refractivity contribution in [2.75, 3.05) is 13.2 Å². The minimum Gasteiger partial charge on any atom is -0.486 e. The van der Waals surface area contributed by atoms with E-state index in [-0.39, 0.29) is 18.1 Å². The molecule has 4 rings (SSSR count). The molecule has 1 unspecified atom stereocenters. The Morgan fingerprint density at radius 1 is 1.33 bits per heavy atom. The molecular weight excluding hydrogens is 344 g/mol. The second-order valence-electron chi connectivity index (χ2n) is 6.92. The first-order valence-corrected chi connectivity index (χ1v) is 9.04. The number of nitrogens with one attached hydrogen (secondary N) is 1. The summed E-state index contributed by atoms with van der Waals surface area (Å²) < 4.78 is 13.4. The molecule has 1 aliphatic rings. The number of fused-ring (bicyclic) bond motifs is 2. The van der Waals surface area contributed by atoms with Gasteiger partial charge in [-0.25, -0.2) is 9.67 Å². The van der Waals surface area contributed by atoms with Crippen LogP contribution in [0.1, 0.15) is 35.9 Å². The number of rotatable bonds is 4. The number of aryl methyl sites for hydroxylation is 1. The summed E-state index contributed by atoms with van der Waals surface area (Å²) in [6.45, 7) is 6.69. The number of aromatic nitrogens is 3. The Kier molecular flexibility index (Phi) is 4.43. The quantitative estimate of drug-likeness (QED) is 0.768. The highest BCUT2D eigenvalue weighted by Crippen LogP contribution is 2.30. The number of pyridine rings is 1. The maximum atomic E-state index is 12.7. The molecular formula is C20H22N4O3. The molecule has 0 saturated carbocycles. The second kappa shape index (κ2) is 6.90. The van der Waals surface area contributed by atoms with E-state index >= 15 is 0 Å². The summed E-state index contributed by atoms with van der Waals surface area (Å²) in [7, 11) is 0. The third-order valence-corrected chi connectivity index (χ3v) is 4.55. The molecule has 1 aromatic carbocycles. The Hall–Kier alpha value is -3.09. The highest BCUT2D eigenvalue weighted by atomic mass is 16.6. The van der Waals surface area contributed by atoms with Gasteiger partial charge < -0.3 is 14.8 Å². The first-order valence-electron chi connectivity index (χ1n) is 9.04. The van der Waals surface area contributed by atoms with E-state index in [0.717, 1.165) is 16.8 Å². The van der Waals surface area contributed by atoms with Gasteiger partial charge in [0.1, 0.15) is 12.7 Å². The lowest BCUT2D eigenvalue weighted by molar-refractivity contribution is 0.0788. The first-order chi connectivity index (χ1) is 13.0. The molecule has 0 bridgehead atoms. The van der Waals surface area contributed by atoms with Crippen LogP contribution in [-0.2, 0) is 0 Å². The smallest absolute Gasteiger partial charge is 0.253 e. The van der Waals surface area contributed by atoms with Gasteiger partial charge in [0.2, 0.25) is 0 Å². The maximum absolute atomic E-state index is 12.7. The lowest BCUT2D eigenvalue weighted by Gasteiger charge is -2.26. The van der Waals surface area contributed by atoms with Gasteiger partial charge >= 0.3 is 0 Å². The van der Waals surface area contributed by atoms with E-state index in [4.69, 9.17) is 9.47 Å². The molecule has 0 saturated heterocycles. The van der Waals surface area contributed by atoms with Crippen molar-refractivity contribution in [3.63, 3.8) is 0 Å². The lowest BCUT2D eigenvalue weighted by atomic mass is 10.1. The van der Waals surface area contributed by atoms with Gasteiger partial charge in [-0.3, -0.25) is 4.79 Å². The zero-order valence-electron chi connectivity index (χ0n) is 15.6. The van der Waals surface area contributed by atoms with Crippen LogP contribution < -0.4 is 14.8 Å². The molecule has 1 N–H and O–H groups in total. The van der Waals surface area contributed by atoms with Crippen LogP contribution in [0.4, 0.5) is 0 Å². The highest BCUT2D eigenvalue weighted by molar-refractivity contribution is 5.98. The molecule has 0 fully saturated rings. The largest absolute Gasteiger partial charge is 0.486 e. The standard InChI is InChI=1S/C20H22N4O3/c1-12(2)24-19-14(9-22-24)8-16(13(3)23-19)20(25)21-10-15-11-26-17-6-4-5-7-18(17)27-15/h4-9,12,15H,10-11H2,1-3H3,(H,21,25). The third-order valence-electron chi connectivity index (χ3n) is 4.55. The van der Waals surface area contributed by atoms with Crippen LogP contribution in [0.2, 0.25) is 0 Å². The molecule has 7 nitrogen and oxygen atoms in total. The topological polar surface area (TPSA) is 78.3 Å². The van der Waals surface area contributed by atoms with Gasteiger partial charge in [-0.15, -0.1) is 0 Å². The zero-order chi connectivity index (χ0) is 19.0. The van der Waals surface area contributed by atoms with E-state index in [2.05, 4.69) is 29.2 Å². The molecule has 1 aliphatic heterocycles. The van der Waals surface area contributed by atoms with Crippen LogP contribution in [0.15, 0.2) is 36.5 Å². The molecule has 7 heteroatoms. The fourth-order valence-electron chi connectivity index (χ4n) is 3.14. The van der Waals surface area contributed by atoms with Crippen LogP contribution in [-0.4, -0.2) is 39.9 Å². The van der Waals surface area contributed by atoms with Gasteiger partial charge in [-0.2, -0.15) is 5.10 Å². The number of carbonyl (C=O) groups is 1. The van der Waals surface area contributed by atoms with E-state index in [9.17, 15) is 4.79 Å². The fourth-order valence-corrected chi connectivity index (χ4v) is 3.14. The van der Waals surface area contributed by atoms with Gasteiger partial charge in [-0.1, -0.05) is 12.1 Å². The summed E-state index contributed by atoms with van der Waals surface area (Å²) in [6, 6.07) is 9.57. The van der Waals surface area contributed by atoms with Crippen LogP contribution in [0.5, 0.6) is 11.5 Å². The van der Waals surface area contributed by atoms with Crippen LogP contribution >= 0.6 is 0 Å². The predicted molar refractivity (Wildman–Crippen MR) is 101 cm³/mol. The molecule has 0 radical (unpaired) electrons. The fraction of sp³-hybridized carbons (Fsp3) is 0.350. The Labute approximate surface area is 157 Å². The maximum Gasteiger partial charge on any atom is 0.253 e. The van der Waals surface area contributed by atoms with Gasteiger partial charge in [0, 0.05) is 11.4 Å². The van der Waals surface area contributed by atoms with Crippen molar-refractivity contribution in [2.24, 2.45) is 0 Å². The van der Waals surface area contributed by atoms with Gasteiger partial charge in [0.05, 0.1) is 24.0 Å². The molecule has 3 heterocycles. The Morgan fingerprint density at radius 3 is 2.89 bits per heavy atom. The highest BCUT2D eigenvalue weighted by Gasteiger charge is 2.22. The van der Waals surface area contributed by atoms with Crippen LogP contribution in [0.25, 0.3) is 11.0 Å². The average Bonchev–Trinajstić information content (AvgIpc) is 3.08. The van der Waals surface area contributed by atoms with E-state index in [1.54, 1.807) is 6.20 Å². The Balaban J connectivity index is 1.46. The molecule has 1 amide bonds. The number of amides is 1. The van der Waals surface area contributed by atoms with E-state index < -0.39 is 0 Å². The van der Waals surface area contributed by atoms with Crippen molar-refractivity contribution in [2.45, 2.75) is 32.9 Å². The van der Waals surface area contributed by atoms with Gasteiger partial charge in [0.15, 0.2) is 17.1 Å². The summed E-state index contributed by atoms with van der Waals surface area (Å²) in [5.41, 5.74) is 2.01. The number of benzene rings is 1. The average molecular weight is 366 g/mol. The molecule has 1 atom stereocenters. The predicted octanol–water partition coefficient (Wildman–Crippen LogP) is 2.89. The molecule has 3 aromatic rings. The second-order valence-corrected chi connectivity index (χ2v) is 6.92. The Morgan fingerprint density at radius 2 is 2.11 bits per heavy atom. The molecule has 0 aliphatic carbocycles. The summed E-state index contributed by atoms with van der Waals surface area (Å²) in [6.07, 6.45) is 1.51. The molecule has 0 spiro atoms. The zero-order valence-corrected chi connectivity index (χ0v) is 15.6. The SMILES string of the molecule is Cc1nc2c(cnn2C(C)C)cc1C(=O)NCC1COc2ccccc2O1. The minimum atomic E-state index is -0.232. The number of carbonyl (C=O) groups excluding carboxylic acids is 1. The van der Waals surface area contributed by atoms with Crippen molar-refractivity contribution in [3.05, 3.63) is 47.8 Å². The summed E-state index contributed by atoms with van der Waals surface area (Å²) >= 11 is 0. The number of hydrogen-bond acceptors (Lipinski definition) is 5. The van der Waals surface area contributed by atoms with Crippen LogP contribution in [0, 0.1) is 6.92 Å². The molecule has 27 heavy (non-hydrogen) atoms. The van der Waals surface area contributed by atoms with Crippen molar-refractivity contribution in [1.82, 2.24) is 20.1 Å². The normalized spacial score (nSPS) is 15.9. The van der Waals surface area contributed by atoms with E-state index in [1.165, 1.54) is 0 Å². The van der Waals surface area contributed by atoms with E-state index in [0.29, 0.717) is 30.2 Å². The summed E-state index contributed by atoms with van der Waals surface area (Å²) in [5, 5.41) is 8.14. The van der Waals surface area contributed by atoms with Crippen molar-refractivity contribution >= 4 is 16.9 Å². The number of nitrogens with zero attached hydrogens (tertiary/aromatic N) is 3. The summed E-state index contributed by atoms with van der Waals surface area (Å²) in [5.74, 6) is 1.25. The van der Waals surface area contributed by atoms with Gasteiger partial charge in [0.25, 0.3) is 5.91 Å². The van der Waals surface area contributed by atoms with Crippen LogP contribution in [0.3, 0.4) is 0 Å². The summed E-state index contributed by atoms with van der Waals surface area (Å²) in [4.78, 5) is 17.2. The monoisotopic (exact) mass is 366 g/mol. The van der Waals surface area contributed by atoms with Crippen molar-refractivity contribution in [3.8, 4) is 11.5 Å². The van der Waals surface area contributed by atoms with Gasteiger partial charge in [-0.05, 0) is 39.0 Å².